The average Bonchev–Trinajstić information content (AvgIpc) is 3.04. The molecule has 4 aromatic rings. The lowest BCUT2D eigenvalue weighted by molar-refractivity contribution is 0.102. The Kier molecular flexibility index (Phi) is 10.5. The van der Waals surface area contributed by atoms with Gasteiger partial charge >= 0.3 is 0 Å². The molecule has 0 radical (unpaired) electrons. The van der Waals surface area contributed by atoms with Gasteiger partial charge in [0.1, 0.15) is 5.56 Å². The largest absolute Gasteiger partial charge is 0.493 e. The molecule has 1 aliphatic rings. The van der Waals surface area contributed by atoms with E-state index >= 15 is 0 Å². The lowest BCUT2D eigenvalue weighted by Gasteiger charge is -2.22. The van der Waals surface area contributed by atoms with Gasteiger partial charge in [0.2, 0.25) is 11.8 Å². The topological polar surface area (TPSA) is 107 Å². The number of anilines is 3. The van der Waals surface area contributed by atoms with Gasteiger partial charge in [0.15, 0.2) is 23.1 Å². The summed E-state index contributed by atoms with van der Waals surface area (Å²) in [5, 5.41) is 9.34. The maximum Gasteiger partial charge on any atom is 0.262 e. The van der Waals surface area contributed by atoms with Crippen LogP contribution in [0.25, 0.3) is 0 Å². The van der Waals surface area contributed by atoms with Crippen LogP contribution in [-0.4, -0.2) is 42.7 Å². The van der Waals surface area contributed by atoms with Crippen LogP contribution in [0.3, 0.4) is 0 Å². The minimum absolute atomic E-state index is 0.0132. The number of rotatable bonds is 12. The molecule has 3 aromatic carbocycles. The van der Waals surface area contributed by atoms with Gasteiger partial charge in [-0.05, 0) is 80.6 Å². The van der Waals surface area contributed by atoms with Crippen LogP contribution in [0.5, 0.6) is 23.1 Å². The third-order valence-electron chi connectivity index (χ3n) is 7.75. The fraction of sp³-hybridized carbons (Fsp3) is 0.343. The van der Waals surface area contributed by atoms with E-state index in [1.54, 1.807) is 25.3 Å². The number of carbonyl (C=O) groups excluding carboxylic acids is 1. The van der Waals surface area contributed by atoms with Crippen molar-refractivity contribution in [2.24, 2.45) is 5.92 Å². The van der Waals surface area contributed by atoms with E-state index in [-0.39, 0.29) is 23.1 Å². The third-order valence-corrected chi connectivity index (χ3v) is 7.75. The number of aromatic nitrogens is 2. The molecule has 1 amide bonds. The van der Waals surface area contributed by atoms with E-state index in [1.165, 1.54) is 12.3 Å². The summed E-state index contributed by atoms with van der Waals surface area (Å²) in [5.74, 6) is 0.650. The Balaban J connectivity index is 1.40. The van der Waals surface area contributed by atoms with E-state index in [0.717, 1.165) is 55.5 Å². The van der Waals surface area contributed by atoms with Crippen molar-refractivity contribution in [3.8, 4) is 23.1 Å². The van der Waals surface area contributed by atoms with E-state index < -0.39 is 11.7 Å². The summed E-state index contributed by atoms with van der Waals surface area (Å²) in [5.41, 5.74) is 4.18. The maximum atomic E-state index is 15.0. The molecule has 2 heterocycles. The summed E-state index contributed by atoms with van der Waals surface area (Å²) in [4.78, 5) is 22.5. The summed E-state index contributed by atoms with van der Waals surface area (Å²) in [7, 11) is 1.56. The quantitative estimate of drug-likeness (QED) is 0.152. The van der Waals surface area contributed by atoms with E-state index in [4.69, 9.17) is 14.2 Å². The van der Waals surface area contributed by atoms with Crippen LogP contribution >= 0.6 is 0 Å². The van der Waals surface area contributed by atoms with Crippen LogP contribution < -0.4 is 30.2 Å². The Morgan fingerprint density at radius 3 is 2.58 bits per heavy atom. The molecule has 45 heavy (non-hydrogen) atoms. The maximum absolute atomic E-state index is 15.0. The van der Waals surface area contributed by atoms with Crippen LogP contribution in [0.1, 0.15) is 53.2 Å². The number of nitrogens with zero attached hydrogens (tertiary/aromatic N) is 2. The van der Waals surface area contributed by atoms with Crippen molar-refractivity contribution in [3.63, 3.8) is 0 Å². The number of ether oxygens (including phenoxy) is 3. The smallest absolute Gasteiger partial charge is 0.262 e. The fourth-order valence-electron chi connectivity index (χ4n) is 5.30. The SMILES string of the molecule is CCCc1ccc(Oc2nc(Nc3ccc(OCC4CCCNC4)c(F)c3)ncc2C(=O)Nc2c(C)cccc2C)c(OC)c1. The van der Waals surface area contributed by atoms with Crippen molar-refractivity contribution in [3.05, 3.63) is 88.9 Å². The van der Waals surface area contributed by atoms with Gasteiger partial charge in [0.25, 0.3) is 5.91 Å². The van der Waals surface area contributed by atoms with Gasteiger partial charge in [-0.25, -0.2) is 9.37 Å². The summed E-state index contributed by atoms with van der Waals surface area (Å²) < 4.78 is 32.6. The molecule has 9 nitrogen and oxygen atoms in total. The summed E-state index contributed by atoms with van der Waals surface area (Å²) in [6, 6.07) is 16.0. The number of hydrogen-bond donors (Lipinski definition) is 3. The zero-order valence-corrected chi connectivity index (χ0v) is 26.2. The Morgan fingerprint density at radius 2 is 1.87 bits per heavy atom. The highest BCUT2D eigenvalue weighted by Crippen LogP contribution is 2.35. The number of para-hydroxylation sites is 1. The van der Waals surface area contributed by atoms with Gasteiger partial charge in [-0.2, -0.15) is 4.98 Å². The van der Waals surface area contributed by atoms with Gasteiger partial charge in [0, 0.05) is 36.1 Å². The number of amides is 1. The van der Waals surface area contributed by atoms with Gasteiger partial charge in [-0.3, -0.25) is 4.79 Å². The summed E-state index contributed by atoms with van der Waals surface area (Å²) >= 11 is 0. The second kappa shape index (κ2) is 14.9. The molecule has 1 saturated heterocycles. The molecule has 0 aliphatic carbocycles. The molecular formula is C35H40FN5O4. The number of benzene rings is 3. The molecule has 1 aliphatic heterocycles. The number of halogens is 1. The molecule has 1 aromatic heterocycles. The number of hydrogen-bond acceptors (Lipinski definition) is 8. The van der Waals surface area contributed by atoms with Gasteiger partial charge in [0.05, 0.1) is 13.7 Å². The molecule has 3 N–H and O–H groups in total. The van der Waals surface area contributed by atoms with Gasteiger partial charge < -0.3 is 30.2 Å². The minimum Gasteiger partial charge on any atom is -0.493 e. The number of aryl methyl sites for hydroxylation is 3. The highest BCUT2D eigenvalue weighted by atomic mass is 19.1. The average molecular weight is 614 g/mol. The molecule has 0 saturated carbocycles. The molecule has 10 heteroatoms. The highest BCUT2D eigenvalue weighted by Gasteiger charge is 2.21. The first-order chi connectivity index (χ1) is 21.8. The molecular weight excluding hydrogens is 573 g/mol. The normalized spacial score (nSPS) is 14.5. The molecule has 1 atom stereocenters. The van der Waals surface area contributed by atoms with Crippen LogP contribution in [0.4, 0.5) is 21.7 Å². The fourth-order valence-corrected chi connectivity index (χ4v) is 5.30. The predicted octanol–water partition coefficient (Wildman–Crippen LogP) is 7.36. The Hall–Kier alpha value is -4.70. The lowest BCUT2D eigenvalue weighted by Crippen LogP contribution is -2.33. The first kappa shape index (κ1) is 31.7. The van der Waals surface area contributed by atoms with Crippen LogP contribution in [0.15, 0.2) is 60.8 Å². The highest BCUT2D eigenvalue weighted by molar-refractivity contribution is 6.06. The second-order valence-corrected chi connectivity index (χ2v) is 11.3. The number of carbonyl (C=O) groups is 1. The molecule has 1 fully saturated rings. The van der Waals surface area contributed by atoms with Gasteiger partial charge in [-0.15, -0.1) is 0 Å². The van der Waals surface area contributed by atoms with Crippen molar-refractivity contribution >= 4 is 23.2 Å². The second-order valence-electron chi connectivity index (χ2n) is 11.3. The van der Waals surface area contributed by atoms with Crippen molar-refractivity contribution in [1.82, 2.24) is 15.3 Å². The molecule has 0 spiro atoms. The first-order valence-corrected chi connectivity index (χ1v) is 15.3. The van der Waals surface area contributed by atoms with Crippen molar-refractivity contribution in [2.75, 3.05) is 37.4 Å². The van der Waals surface area contributed by atoms with Crippen molar-refractivity contribution in [1.29, 1.82) is 0 Å². The Bertz CT molecular complexity index is 1620. The third kappa shape index (κ3) is 8.07. The number of methoxy groups -OCH3 is 1. The van der Waals surface area contributed by atoms with E-state index in [9.17, 15) is 9.18 Å². The molecule has 236 valence electrons. The summed E-state index contributed by atoms with van der Waals surface area (Å²) in [6.07, 6.45) is 5.41. The van der Waals surface area contributed by atoms with E-state index in [0.29, 0.717) is 35.4 Å². The van der Waals surface area contributed by atoms with Crippen molar-refractivity contribution < 1.29 is 23.4 Å². The number of nitrogens with one attached hydrogen (secondary N) is 3. The van der Waals surface area contributed by atoms with Crippen LogP contribution in [0.2, 0.25) is 0 Å². The minimum atomic E-state index is -0.498. The first-order valence-electron chi connectivity index (χ1n) is 15.3. The van der Waals surface area contributed by atoms with Crippen LogP contribution in [0, 0.1) is 25.6 Å². The van der Waals surface area contributed by atoms with Gasteiger partial charge in [-0.1, -0.05) is 37.6 Å². The van der Waals surface area contributed by atoms with Crippen LogP contribution in [-0.2, 0) is 6.42 Å². The lowest BCUT2D eigenvalue weighted by atomic mass is 10.0. The predicted molar refractivity (Wildman–Crippen MR) is 174 cm³/mol. The zero-order chi connectivity index (χ0) is 31.8. The monoisotopic (exact) mass is 613 g/mol. The molecule has 0 bridgehead atoms. The van der Waals surface area contributed by atoms with E-state index in [2.05, 4.69) is 32.8 Å². The molecule has 5 rings (SSSR count). The number of piperidine rings is 1. The van der Waals surface area contributed by atoms with E-state index in [1.807, 2.05) is 44.2 Å². The van der Waals surface area contributed by atoms with Crippen molar-refractivity contribution in [2.45, 2.75) is 46.5 Å². The summed E-state index contributed by atoms with van der Waals surface area (Å²) in [6.45, 7) is 8.29. The zero-order valence-electron chi connectivity index (χ0n) is 26.2. The Labute approximate surface area is 263 Å². The Morgan fingerprint density at radius 1 is 1.07 bits per heavy atom. The standard InChI is InChI=1S/C35H40FN5O4/c1-5-8-24-12-14-30(31(17-24)43-4)45-34-27(33(42)40-32-22(2)9-6-10-23(32)3)20-38-35(41-34)39-26-13-15-29(28(36)18-26)44-21-25-11-7-16-37-19-25/h6,9-10,12-15,17-18,20,25,37H,5,7-8,11,16,19,21H2,1-4H3,(H,40,42)(H,38,39,41). The molecule has 1 unspecified atom stereocenters.